The summed E-state index contributed by atoms with van der Waals surface area (Å²) in [5.74, 6) is 2.85. The first-order valence-corrected chi connectivity index (χ1v) is 4.37. The molecule has 0 spiro atoms. The molecule has 0 N–H and O–H groups in total. The fourth-order valence-corrected chi connectivity index (χ4v) is 1.39. The van der Waals surface area contributed by atoms with Crippen LogP contribution in [0.5, 0.6) is 0 Å². The molecule has 0 amide bonds. The van der Waals surface area contributed by atoms with Crippen molar-refractivity contribution >= 4 is 0 Å². The van der Waals surface area contributed by atoms with Crippen molar-refractivity contribution < 1.29 is 0 Å². The molecule has 1 atom stereocenters. The highest BCUT2D eigenvalue weighted by atomic mass is 14.1. The highest BCUT2D eigenvalue weighted by molar-refractivity contribution is 5.39. The second kappa shape index (κ2) is 3.96. The summed E-state index contributed by atoms with van der Waals surface area (Å²) in [6.45, 7) is 8.04. The second-order valence-electron chi connectivity index (χ2n) is 3.25. The molecule has 1 unspecified atom stereocenters. The second-order valence-corrected chi connectivity index (χ2v) is 3.25. The van der Waals surface area contributed by atoms with Crippen LogP contribution in [0.1, 0.15) is 24.0 Å². The molecule has 0 heterocycles. The SMILES string of the molecule is C#CC(=C)C(C)c1ccccc1C. The lowest BCUT2D eigenvalue weighted by atomic mass is 9.91. The minimum Gasteiger partial charge on any atom is -0.115 e. The van der Waals surface area contributed by atoms with E-state index in [4.69, 9.17) is 6.42 Å². The van der Waals surface area contributed by atoms with Crippen LogP contribution in [0.3, 0.4) is 0 Å². The third kappa shape index (κ3) is 2.00. The van der Waals surface area contributed by atoms with Gasteiger partial charge in [0.25, 0.3) is 0 Å². The Morgan fingerprint density at radius 1 is 1.46 bits per heavy atom. The Labute approximate surface area is 80.3 Å². The van der Waals surface area contributed by atoms with E-state index in [0.717, 1.165) is 5.57 Å². The molecule has 66 valence electrons. The zero-order valence-corrected chi connectivity index (χ0v) is 8.17. The molecule has 0 heteroatoms. The third-order valence-corrected chi connectivity index (χ3v) is 2.36. The minimum absolute atomic E-state index is 0.256. The Balaban J connectivity index is 3.03. The number of terminal acetylenes is 1. The molecular formula is C13H14. The van der Waals surface area contributed by atoms with E-state index in [-0.39, 0.29) is 5.92 Å². The van der Waals surface area contributed by atoms with Crippen LogP contribution in [0, 0.1) is 19.3 Å². The average Bonchev–Trinajstić information content (AvgIpc) is 2.16. The summed E-state index contributed by atoms with van der Waals surface area (Å²) < 4.78 is 0. The number of hydrogen-bond donors (Lipinski definition) is 0. The summed E-state index contributed by atoms with van der Waals surface area (Å²) in [5, 5.41) is 0. The molecule has 1 rings (SSSR count). The molecule has 0 nitrogen and oxygen atoms in total. The topological polar surface area (TPSA) is 0 Å². The lowest BCUT2D eigenvalue weighted by Crippen LogP contribution is -1.97. The quantitative estimate of drug-likeness (QED) is 0.597. The van der Waals surface area contributed by atoms with Crippen LogP contribution in [0.25, 0.3) is 0 Å². The largest absolute Gasteiger partial charge is 0.115 e. The van der Waals surface area contributed by atoms with Crippen LogP contribution in [-0.2, 0) is 0 Å². The Hall–Kier alpha value is -1.48. The van der Waals surface area contributed by atoms with Gasteiger partial charge in [-0.2, -0.15) is 0 Å². The predicted octanol–water partition coefficient (Wildman–Crippen LogP) is 3.29. The monoisotopic (exact) mass is 170 g/mol. The maximum atomic E-state index is 5.31. The Morgan fingerprint density at radius 3 is 2.62 bits per heavy atom. The first-order valence-electron chi connectivity index (χ1n) is 4.37. The molecule has 0 aliphatic heterocycles. The first-order chi connectivity index (χ1) is 6.16. The van der Waals surface area contributed by atoms with E-state index in [9.17, 15) is 0 Å². The van der Waals surface area contributed by atoms with Crippen LogP contribution in [-0.4, -0.2) is 0 Å². The third-order valence-electron chi connectivity index (χ3n) is 2.36. The molecule has 0 radical (unpaired) electrons. The number of allylic oxidation sites excluding steroid dienone is 1. The molecule has 0 fully saturated rings. The van der Waals surface area contributed by atoms with Gasteiger partial charge in [-0.25, -0.2) is 0 Å². The van der Waals surface area contributed by atoms with Crippen LogP contribution in [0.4, 0.5) is 0 Å². The maximum Gasteiger partial charge on any atom is 0.0137 e. The lowest BCUT2D eigenvalue weighted by molar-refractivity contribution is 0.922. The summed E-state index contributed by atoms with van der Waals surface area (Å²) >= 11 is 0. The van der Waals surface area contributed by atoms with Gasteiger partial charge < -0.3 is 0 Å². The van der Waals surface area contributed by atoms with E-state index < -0.39 is 0 Å². The van der Waals surface area contributed by atoms with E-state index >= 15 is 0 Å². The highest BCUT2D eigenvalue weighted by Crippen LogP contribution is 2.24. The molecule has 0 aliphatic rings. The van der Waals surface area contributed by atoms with Crippen molar-refractivity contribution in [1.29, 1.82) is 0 Å². The van der Waals surface area contributed by atoms with Gasteiger partial charge in [-0.05, 0) is 18.1 Å². The Bertz CT molecular complexity index is 353. The zero-order valence-electron chi connectivity index (χ0n) is 8.17. The predicted molar refractivity (Wildman–Crippen MR) is 57.6 cm³/mol. The van der Waals surface area contributed by atoms with Crippen molar-refractivity contribution in [3.8, 4) is 12.3 Å². The van der Waals surface area contributed by atoms with Gasteiger partial charge in [0, 0.05) is 11.5 Å². The number of rotatable bonds is 2. The Kier molecular flexibility index (Phi) is 2.93. The van der Waals surface area contributed by atoms with Crippen LogP contribution >= 0.6 is 0 Å². The van der Waals surface area contributed by atoms with Crippen LogP contribution < -0.4 is 0 Å². The average molecular weight is 170 g/mol. The number of aryl methyl sites for hydroxylation is 1. The van der Waals surface area contributed by atoms with E-state index in [0.29, 0.717) is 0 Å². The standard InChI is InChI=1S/C13H14/c1-5-10(2)12(4)13-9-7-6-8-11(13)3/h1,6-9,12H,2H2,3-4H3. The fourth-order valence-electron chi connectivity index (χ4n) is 1.39. The van der Waals surface area contributed by atoms with Gasteiger partial charge in [0.1, 0.15) is 0 Å². The van der Waals surface area contributed by atoms with E-state index in [2.05, 4.69) is 38.5 Å². The molecule has 0 saturated carbocycles. The first kappa shape index (κ1) is 9.61. The molecule has 0 saturated heterocycles. The van der Waals surface area contributed by atoms with E-state index in [1.807, 2.05) is 12.1 Å². The zero-order chi connectivity index (χ0) is 9.84. The van der Waals surface area contributed by atoms with Gasteiger partial charge in [-0.15, -0.1) is 6.42 Å². The number of benzene rings is 1. The fraction of sp³-hybridized carbons (Fsp3) is 0.231. The van der Waals surface area contributed by atoms with Crippen molar-refractivity contribution in [2.75, 3.05) is 0 Å². The molecule has 1 aromatic rings. The molecule has 13 heavy (non-hydrogen) atoms. The molecular weight excluding hydrogens is 156 g/mol. The van der Waals surface area contributed by atoms with Crippen molar-refractivity contribution in [3.63, 3.8) is 0 Å². The van der Waals surface area contributed by atoms with E-state index in [1.54, 1.807) is 0 Å². The normalized spacial score (nSPS) is 11.8. The minimum atomic E-state index is 0.256. The van der Waals surface area contributed by atoms with Gasteiger partial charge in [-0.1, -0.05) is 43.7 Å². The van der Waals surface area contributed by atoms with Gasteiger partial charge in [-0.3, -0.25) is 0 Å². The summed E-state index contributed by atoms with van der Waals surface area (Å²) in [4.78, 5) is 0. The van der Waals surface area contributed by atoms with Crippen LogP contribution in [0.15, 0.2) is 36.4 Å². The molecule has 0 bridgehead atoms. The van der Waals surface area contributed by atoms with Gasteiger partial charge in [0.2, 0.25) is 0 Å². The van der Waals surface area contributed by atoms with Gasteiger partial charge in [0.15, 0.2) is 0 Å². The summed E-state index contributed by atoms with van der Waals surface area (Å²) in [6.07, 6.45) is 5.31. The Morgan fingerprint density at radius 2 is 2.08 bits per heavy atom. The highest BCUT2D eigenvalue weighted by Gasteiger charge is 2.08. The van der Waals surface area contributed by atoms with Gasteiger partial charge in [0.05, 0.1) is 0 Å². The lowest BCUT2D eigenvalue weighted by Gasteiger charge is -2.13. The smallest absolute Gasteiger partial charge is 0.0137 e. The van der Waals surface area contributed by atoms with E-state index in [1.165, 1.54) is 11.1 Å². The molecule has 0 aliphatic carbocycles. The summed E-state index contributed by atoms with van der Waals surface area (Å²) in [5.41, 5.74) is 3.38. The molecule has 0 aromatic heterocycles. The van der Waals surface area contributed by atoms with Crippen molar-refractivity contribution in [3.05, 3.63) is 47.5 Å². The molecule has 1 aromatic carbocycles. The summed E-state index contributed by atoms with van der Waals surface area (Å²) in [7, 11) is 0. The summed E-state index contributed by atoms with van der Waals surface area (Å²) in [6, 6.07) is 8.25. The van der Waals surface area contributed by atoms with Crippen molar-refractivity contribution in [2.24, 2.45) is 0 Å². The van der Waals surface area contributed by atoms with Crippen molar-refractivity contribution in [1.82, 2.24) is 0 Å². The number of hydrogen-bond acceptors (Lipinski definition) is 0. The van der Waals surface area contributed by atoms with Crippen molar-refractivity contribution in [2.45, 2.75) is 19.8 Å². The van der Waals surface area contributed by atoms with Crippen LogP contribution in [0.2, 0.25) is 0 Å². The maximum absolute atomic E-state index is 5.31. The van der Waals surface area contributed by atoms with Gasteiger partial charge >= 0.3 is 0 Å².